The third kappa shape index (κ3) is 8.30. The maximum Gasteiger partial charge on any atom is 0.191 e. The summed E-state index contributed by atoms with van der Waals surface area (Å²) in [6, 6.07) is 15.4. The number of guanidine groups is 1. The van der Waals surface area contributed by atoms with Crippen molar-refractivity contribution in [3.63, 3.8) is 0 Å². The van der Waals surface area contributed by atoms with E-state index >= 15 is 0 Å². The van der Waals surface area contributed by atoms with Crippen LogP contribution in [0.1, 0.15) is 36.6 Å². The van der Waals surface area contributed by atoms with Crippen molar-refractivity contribution in [2.75, 3.05) is 26.2 Å². The zero-order chi connectivity index (χ0) is 19.6. The topological polar surface area (TPSA) is 52.6 Å². The zero-order valence-electron chi connectivity index (χ0n) is 17.6. The van der Waals surface area contributed by atoms with Gasteiger partial charge in [0.2, 0.25) is 0 Å². The molecule has 1 aromatic heterocycles. The van der Waals surface area contributed by atoms with Gasteiger partial charge in [0.1, 0.15) is 0 Å². The quantitative estimate of drug-likeness (QED) is 0.341. The summed E-state index contributed by atoms with van der Waals surface area (Å²) in [6.45, 7) is 9.01. The highest BCUT2D eigenvalue weighted by Crippen LogP contribution is 2.13. The van der Waals surface area contributed by atoms with E-state index < -0.39 is 0 Å². The predicted octanol–water partition coefficient (Wildman–Crippen LogP) is 3.77. The van der Waals surface area contributed by atoms with Crippen molar-refractivity contribution in [1.29, 1.82) is 0 Å². The molecule has 158 valence electrons. The fraction of sp³-hybridized carbons (Fsp3) is 0.478. The van der Waals surface area contributed by atoms with Gasteiger partial charge in [-0.1, -0.05) is 36.4 Å². The predicted molar refractivity (Wildman–Crippen MR) is 132 cm³/mol. The summed E-state index contributed by atoms with van der Waals surface area (Å²) in [5.74, 6) is 0.925. The van der Waals surface area contributed by atoms with Crippen LogP contribution in [0, 0.1) is 6.92 Å². The molecule has 0 aliphatic carbocycles. The highest BCUT2D eigenvalue weighted by molar-refractivity contribution is 14.0. The normalized spacial score (nSPS) is 17.4. The lowest BCUT2D eigenvalue weighted by molar-refractivity contribution is 0.192. The smallest absolute Gasteiger partial charge is 0.191 e. The number of nitrogens with zero attached hydrogens (tertiary/aromatic N) is 3. The third-order valence-electron chi connectivity index (χ3n) is 5.08. The van der Waals surface area contributed by atoms with Crippen LogP contribution in [-0.2, 0) is 13.0 Å². The largest absolute Gasteiger partial charge is 0.357 e. The fourth-order valence-corrected chi connectivity index (χ4v) is 3.62. The van der Waals surface area contributed by atoms with E-state index in [0.717, 1.165) is 44.3 Å². The van der Waals surface area contributed by atoms with E-state index in [4.69, 9.17) is 4.99 Å². The molecule has 3 rings (SSSR count). The maximum atomic E-state index is 4.78. The minimum atomic E-state index is 0. The Balaban J connectivity index is 0.00000300. The second kappa shape index (κ2) is 12.8. The van der Waals surface area contributed by atoms with Crippen molar-refractivity contribution in [2.45, 2.75) is 45.7 Å². The molecule has 0 radical (unpaired) electrons. The number of piperidine rings is 1. The van der Waals surface area contributed by atoms with E-state index in [9.17, 15) is 0 Å². The number of hydrogen-bond acceptors (Lipinski definition) is 3. The van der Waals surface area contributed by atoms with Crippen LogP contribution in [0.3, 0.4) is 0 Å². The SMILES string of the molecule is CCNC(=NCCc1ccc(C)nc1)NC1CCCN(Cc2ccccc2)C1.I. The molecule has 6 heteroatoms. The average molecular weight is 507 g/mol. The minimum absolute atomic E-state index is 0. The van der Waals surface area contributed by atoms with Gasteiger partial charge in [0.25, 0.3) is 0 Å². The molecule has 1 aliphatic rings. The first-order valence-electron chi connectivity index (χ1n) is 10.5. The van der Waals surface area contributed by atoms with E-state index in [1.165, 1.54) is 30.5 Å². The monoisotopic (exact) mass is 507 g/mol. The second-order valence-electron chi connectivity index (χ2n) is 7.52. The molecule has 5 nitrogen and oxygen atoms in total. The molecule has 0 bridgehead atoms. The van der Waals surface area contributed by atoms with Crippen molar-refractivity contribution in [1.82, 2.24) is 20.5 Å². The summed E-state index contributed by atoms with van der Waals surface area (Å²) in [7, 11) is 0. The zero-order valence-corrected chi connectivity index (χ0v) is 19.9. The van der Waals surface area contributed by atoms with E-state index in [-0.39, 0.29) is 24.0 Å². The lowest BCUT2D eigenvalue weighted by Crippen LogP contribution is -2.51. The molecule has 1 atom stereocenters. The van der Waals surface area contributed by atoms with Crippen LogP contribution in [0.4, 0.5) is 0 Å². The number of pyridine rings is 1. The number of halogens is 1. The second-order valence-corrected chi connectivity index (χ2v) is 7.52. The summed E-state index contributed by atoms with van der Waals surface area (Å²) in [5.41, 5.74) is 3.67. The van der Waals surface area contributed by atoms with Crippen molar-refractivity contribution in [3.05, 3.63) is 65.5 Å². The van der Waals surface area contributed by atoms with E-state index in [1.54, 1.807) is 0 Å². The molecule has 1 aliphatic heterocycles. The summed E-state index contributed by atoms with van der Waals surface area (Å²) >= 11 is 0. The number of nitrogens with one attached hydrogen (secondary N) is 2. The summed E-state index contributed by atoms with van der Waals surface area (Å²) in [4.78, 5) is 11.7. The number of aromatic nitrogens is 1. The standard InChI is InChI=1S/C23H33N5.HI/c1-3-24-23(25-14-13-20-12-11-19(2)26-16-20)27-22-10-7-15-28(18-22)17-21-8-5-4-6-9-21;/h4-6,8-9,11-12,16,22H,3,7,10,13-15,17-18H2,1-2H3,(H2,24,25,27);1H. The lowest BCUT2D eigenvalue weighted by atomic mass is 10.0. The van der Waals surface area contributed by atoms with Crippen LogP contribution < -0.4 is 10.6 Å². The molecule has 2 N–H and O–H groups in total. The van der Waals surface area contributed by atoms with Crippen LogP contribution in [-0.4, -0.2) is 48.1 Å². The number of likely N-dealkylation sites (tertiary alicyclic amines) is 1. The van der Waals surface area contributed by atoms with Crippen molar-refractivity contribution >= 4 is 29.9 Å². The molecule has 2 aromatic rings. The highest BCUT2D eigenvalue weighted by Gasteiger charge is 2.20. The first-order chi connectivity index (χ1) is 13.7. The lowest BCUT2D eigenvalue weighted by Gasteiger charge is -2.34. The number of aliphatic imine (C=N–C) groups is 1. The molecular weight excluding hydrogens is 473 g/mol. The van der Waals surface area contributed by atoms with Gasteiger partial charge in [-0.25, -0.2) is 0 Å². The van der Waals surface area contributed by atoms with Gasteiger partial charge in [-0.3, -0.25) is 14.9 Å². The van der Waals surface area contributed by atoms with E-state index in [0.29, 0.717) is 6.04 Å². The van der Waals surface area contributed by atoms with Gasteiger partial charge in [0.05, 0.1) is 0 Å². The summed E-state index contributed by atoms with van der Waals surface area (Å²) in [5, 5.41) is 7.04. The van der Waals surface area contributed by atoms with Gasteiger partial charge >= 0.3 is 0 Å². The van der Waals surface area contributed by atoms with Gasteiger partial charge in [-0.15, -0.1) is 24.0 Å². The van der Waals surface area contributed by atoms with E-state index in [1.807, 2.05) is 13.1 Å². The Labute approximate surface area is 192 Å². The molecule has 0 saturated carbocycles. The summed E-state index contributed by atoms with van der Waals surface area (Å²) < 4.78 is 0. The van der Waals surface area contributed by atoms with Crippen LogP contribution in [0.5, 0.6) is 0 Å². The molecule has 1 fully saturated rings. The Morgan fingerprint density at radius 1 is 1.17 bits per heavy atom. The van der Waals surface area contributed by atoms with Gasteiger partial charge in [0.15, 0.2) is 5.96 Å². The Morgan fingerprint density at radius 3 is 2.72 bits per heavy atom. The molecule has 1 aromatic carbocycles. The van der Waals surface area contributed by atoms with Crippen LogP contribution in [0.25, 0.3) is 0 Å². The van der Waals surface area contributed by atoms with Gasteiger partial charge < -0.3 is 10.6 Å². The van der Waals surface area contributed by atoms with Crippen molar-refractivity contribution in [2.24, 2.45) is 4.99 Å². The Kier molecular flexibility index (Phi) is 10.4. The van der Waals surface area contributed by atoms with Crippen LogP contribution in [0.15, 0.2) is 53.7 Å². The molecule has 0 amide bonds. The molecule has 1 saturated heterocycles. The van der Waals surface area contributed by atoms with Crippen molar-refractivity contribution in [3.8, 4) is 0 Å². The molecular formula is C23H34IN5. The highest BCUT2D eigenvalue weighted by atomic mass is 127. The fourth-order valence-electron chi connectivity index (χ4n) is 3.62. The maximum absolute atomic E-state index is 4.78. The average Bonchev–Trinajstić information content (AvgIpc) is 2.71. The van der Waals surface area contributed by atoms with E-state index in [2.05, 4.69) is 69.9 Å². The molecule has 29 heavy (non-hydrogen) atoms. The molecule has 1 unspecified atom stereocenters. The first kappa shape index (κ1) is 23.6. The number of aryl methyl sites for hydroxylation is 1. The number of hydrogen-bond donors (Lipinski definition) is 2. The third-order valence-corrected chi connectivity index (χ3v) is 5.08. The molecule has 2 heterocycles. The number of rotatable bonds is 7. The number of benzene rings is 1. The van der Waals surface area contributed by atoms with Gasteiger partial charge in [-0.05, 0) is 56.8 Å². The Bertz CT molecular complexity index is 733. The van der Waals surface area contributed by atoms with Crippen molar-refractivity contribution < 1.29 is 0 Å². The Hall–Kier alpha value is -1.67. The first-order valence-corrected chi connectivity index (χ1v) is 10.5. The molecule has 0 spiro atoms. The Morgan fingerprint density at radius 2 is 2.00 bits per heavy atom. The minimum Gasteiger partial charge on any atom is -0.357 e. The van der Waals surface area contributed by atoms with Crippen LogP contribution >= 0.6 is 24.0 Å². The van der Waals surface area contributed by atoms with Gasteiger partial charge in [-0.2, -0.15) is 0 Å². The van der Waals surface area contributed by atoms with Crippen LogP contribution in [0.2, 0.25) is 0 Å². The van der Waals surface area contributed by atoms with Gasteiger partial charge in [0, 0.05) is 44.1 Å². The summed E-state index contributed by atoms with van der Waals surface area (Å²) in [6.07, 6.45) is 5.28.